The maximum atomic E-state index is 12.6. The van der Waals surface area contributed by atoms with Crippen molar-refractivity contribution in [3.05, 3.63) is 71.8 Å². The first-order valence-electron chi connectivity index (χ1n) is 9.23. The van der Waals surface area contributed by atoms with E-state index in [0.29, 0.717) is 6.42 Å². The van der Waals surface area contributed by atoms with Gasteiger partial charge in [0.1, 0.15) is 0 Å². The molecule has 0 aliphatic carbocycles. The molecule has 1 N–H and O–H groups in total. The van der Waals surface area contributed by atoms with Gasteiger partial charge in [-0.15, -0.1) is 0 Å². The van der Waals surface area contributed by atoms with Gasteiger partial charge < -0.3 is 10.2 Å². The molecule has 1 aliphatic heterocycles. The molecule has 1 aliphatic rings. The highest BCUT2D eigenvalue weighted by Gasteiger charge is 2.32. The number of amides is 1. The van der Waals surface area contributed by atoms with Crippen LogP contribution in [0.25, 0.3) is 0 Å². The molecule has 1 fully saturated rings. The largest absolute Gasteiger partial charge is 0.341 e. The van der Waals surface area contributed by atoms with E-state index in [1.54, 1.807) is 11.9 Å². The molecule has 6 heteroatoms. The maximum absolute atomic E-state index is 12.6. The van der Waals surface area contributed by atoms with Gasteiger partial charge in [-0.2, -0.15) is 0 Å². The van der Waals surface area contributed by atoms with Crippen LogP contribution in [0.2, 0.25) is 0 Å². The summed E-state index contributed by atoms with van der Waals surface area (Å²) in [6.45, 7) is 0.180. The van der Waals surface area contributed by atoms with Crippen LogP contribution in [0, 0.1) is 0 Å². The zero-order valence-corrected chi connectivity index (χ0v) is 16.4. The van der Waals surface area contributed by atoms with E-state index in [9.17, 15) is 13.2 Å². The van der Waals surface area contributed by atoms with Gasteiger partial charge in [0.25, 0.3) is 0 Å². The molecule has 2 aromatic rings. The Hall–Kier alpha value is -2.18. The smallest absolute Gasteiger partial charge is 0.236 e. The van der Waals surface area contributed by atoms with Gasteiger partial charge in [0.2, 0.25) is 5.91 Å². The van der Waals surface area contributed by atoms with E-state index in [4.69, 9.17) is 0 Å². The zero-order valence-electron chi connectivity index (χ0n) is 15.5. The Kier molecular flexibility index (Phi) is 6.29. The van der Waals surface area contributed by atoms with Crippen LogP contribution in [0.15, 0.2) is 60.7 Å². The first kappa shape index (κ1) is 19.6. The molecule has 1 heterocycles. The van der Waals surface area contributed by atoms with Crippen LogP contribution in [0.5, 0.6) is 0 Å². The minimum atomic E-state index is -3.00. The van der Waals surface area contributed by atoms with E-state index in [2.05, 4.69) is 29.6 Å². The van der Waals surface area contributed by atoms with Crippen LogP contribution >= 0.6 is 0 Å². The van der Waals surface area contributed by atoms with Gasteiger partial charge in [0.05, 0.1) is 18.1 Å². The fraction of sp³-hybridized carbons (Fsp3) is 0.381. The van der Waals surface area contributed by atoms with Gasteiger partial charge in [0, 0.05) is 19.1 Å². The lowest BCUT2D eigenvalue weighted by molar-refractivity contribution is -0.130. The Morgan fingerprint density at radius 2 is 1.74 bits per heavy atom. The third-order valence-electron chi connectivity index (χ3n) is 5.13. The van der Waals surface area contributed by atoms with Crippen molar-refractivity contribution in [3.63, 3.8) is 0 Å². The molecule has 144 valence electrons. The zero-order chi connectivity index (χ0) is 19.3. The average molecular weight is 387 g/mol. The molecule has 5 nitrogen and oxygen atoms in total. The van der Waals surface area contributed by atoms with Crippen molar-refractivity contribution in [1.29, 1.82) is 0 Å². The number of nitrogens with zero attached hydrogens (tertiary/aromatic N) is 1. The highest BCUT2D eigenvalue weighted by molar-refractivity contribution is 7.91. The lowest BCUT2D eigenvalue weighted by atomic mass is 9.99. The molecule has 1 saturated heterocycles. The number of nitrogens with one attached hydrogen (secondary N) is 1. The van der Waals surface area contributed by atoms with Crippen molar-refractivity contribution < 1.29 is 13.2 Å². The molecule has 0 radical (unpaired) electrons. The van der Waals surface area contributed by atoms with Gasteiger partial charge in [-0.05, 0) is 24.0 Å². The minimum absolute atomic E-state index is 0.0123. The lowest BCUT2D eigenvalue weighted by Gasteiger charge is -2.25. The van der Waals surface area contributed by atoms with E-state index in [-0.39, 0.29) is 36.0 Å². The predicted molar refractivity (Wildman–Crippen MR) is 107 cm³/mol. The van der Waals surface area contributed by atoms with E-state index < -0.39 is 9.84 Å². The second-order valence-corrected chi connectivity index (χ2v) is 9.32. The molecule has 2 atom stereocenters. The number of carbonyl (C=O) groups excluding carboxylic acids is 1. The average Bonchev–Trinajstić information content (AvgIpc) is 3.05. The summed E-state index contributed by atoms with van der Waals surface area (Å²) < 4.78 is 23.3. The minimum Gasteiger partial charge on any atom is -0.341 e. The summed E-state index contributed by atoms with van der Waals surface area (Å²) in [5.74, 6) is 0.163. The predicted octanol–water partition coefficient (Wildman–Crippen LogP) is 2.21. The quantitative estimate of drug-likeness (QED) is 0.792. The van der Waals surface area contributed by atoms with Gasteiger partial charge in [-0.25, -0.2) is 8.42 Å². The fourth-order valence-electron chi connectivity index (χ4n) is 3.46. The normalized spacial score (nSPS) is 19.5. The van der Waals surface area contributed by atoms with E-state index in [0.717, 1.165) is 12.0 Å². The molecule has 2 unspecified atom stereocenters. The summed E-state index contributed by atoms with van der Waals surface area (Å²) in [5, 5.41) is 3.37. The number of carbonyl (C=O) groups is 1. The Morgan fingerprint density at radius 1 is 1.11 bits per heavy atom. The Bertz CT molecular complexity index is 854. The van der Waals surface area contributed by atoms with Gasteiger partial charge in [-0.1, -0.05) is 60.7 Å². The summed E-state index contributed by atoms with van der Waals surface area (Å²) in [7, 11) is -1.30. The molecule has 0 spiro atoms. The molecular weight excluding hydrogens is 360 g/mol. The summed E-state index contributed by atoms with van der Waals surface area (Å²) >= 11 is 0. The van der Waals surface area contributed by atoms with Gasteiger partial charge in [0.15, 0.2) is 9.84 Å². The number of hydrogen-bond acceptors (Lipinski definition) is 4. The molecule has 0 saturated carbocycles. The van der Waals surface area contributed by atoms with Gasteiger partial charge in [-0.3, -0.25) is 4.79 Å². The van der Waals surface area contributed by atoms with Crippen molar-refractivity contribution in [2.45, 2.75) is 24.9 Å². The molecular formula is C21H26N2O3S. The number of sulfone groups is 1. The lowest BCUT2D eigenvalue weighted by Crippen LogP contribution is -2.43. The Morgan fingerprint density at radius 3 is 2.33 bits per heavy atom. The molecule has 27 heavy (non-hydrogen) atoms. The fourth-order valence-corrected chi connectivity index (χ4v) is 5.24. The highest BCUT2D eigenvalue weighted by Crippen LogP contribution is 2.19. The third kappa shape index (κ3) is 5.40. The standard InChI is InChI=1S/C21H26N2O3S/c1-23(19-12-13-27(25,26)16-19)21(24)15-22-20(18-10-6-3-7-11-18)14-17-8-4-2-5-9-17/h2-11,19-20,22H,12-16H2,1H3. The number of hydrogen-bond donors (Lipinski definition) is 1. The van der Waals surface area contributed by atoms with Crippen LogP contribution in [0.1, 0.15) is 23.6 Å². The van der Waals surface area contributed by atoms with Crippen LogP contribution in [0.3, 0.4) is 0 Å². The number of benzene rings is 2. The maximum Gasteiger partial charge on any atom is 0.236 e. The van der Waals surface area contributed by atoms with Crippen LogP contribution in [-0.4, -0.2) is 50.4 Å². The van der Waals surface area contributed by atoms with E-state index in [1.165, 1.54) is 5.56 Å². The van der Waals surface area contributed by atoms with Crippen LogP contribution < -0.4 is 5.32 Å². The highest BCUT2D eigenvalue weighted by atomic mass is 32.2. The third-order valence-corrected chi connectivity index (χ3v) is 6.88. The summed E-state index contributed by atoms with van der Waals surface area (Å²) in [5.41, 5.74) is 2.32. The molecule has 0 bridgehead atoms. The van der Waals surface area contributed by atoms with Crippen molar-refractivity contribution in [3.8, 4) is 0 Å². The molecule has 0 aromatic heterocycles. The van der Waals surface area contributed by atoms with Crippen LogP contribution in [-0.2, 0) is 21.1 Å². The van der Waals surface area contributed by atoms with E-state index >= 15 is 0 Å². The SMILES string of the molecule is CN(C(=O)CNC(Cc1ccccc1)c1ccccc1)C1CCS(=O)(=O)C1. The molecule has 2 aromatic carbocycles. The second kappa shape index (κ2) is 8.67. The summed E-state index contributed by atoms with van der Waals surface area (Å²) in [6.07, 6.45) is 1.30. The first-order valence-corrected chi connectivity index (χ1v) is 11.0. The van der Waals surface area contributed by atoms with Crippen molar-refractivity contribution in [2.24, 2.45) is 0 Å². The summed E-state index contributed by atoms with van der Waals surface area (Å²) in [4.78, 5) is 14.2. The molecule has 3 rings (SSSR count). The van der Waals surface area contributed by atoms with Crippen LogP contribution in [0.4, 0.5) is 0 Å². The number of likely N-dealkylation sites (N-methyl/N-ethyl adjacent to an activating group) is 1. The first-order chi connectivity index (χ1) is 12.9. The molecule has 1 amide bonds. The van der Waals surface area contributed by atoms with Crippen molar-refractivity contribution in [2.75, 3.05) is 25.1 Å². The van der Waals surface area contributed by atoms with E-state index in [1.807, 2.05) is 36.4 Å². The Labute approximate surface area is 161 Å². The topological polar surface area (TPSA) is 66.5 Å². The van der Waals surface area contributed by atoms with Crippen molar-refractivity contribution in [1.82, 2.24) is 10.2 Å². The Balaban J connectivity index is 1.64. The van der Waals surface area contributed by atoms with Crippen molar-refractivity contribution >= 4 is 15.7 Å². The number of rotatable bonds is 7. The van der Waals surface area contributed by atoms with Gasteiger partial charge >= 0.3 is 0 Å². The summed E-state index contributed by atoms with van der Waals surface area (Å²) in [6, 6.07) is 20.0. The monoisotopic (exact) mass is 386 g/mol. The second-order valence-electron chi connectivity index (χ2n) is 7.10.